The maximum absolute atomic E-state index is 13.9. The first kappa shape index (κ1) is 30.7. The van der Waals surface area contributed by atoms with Gasteiger partial charge in [0.25, 0.3) is 10.0 Å². The maximum Gasteiger partial charge on any atom is 0.416 e. The third kappa shape index (κ3) is 7.41. The van der Waals surface area contributed by atoms with Crippen molar-refractivity contribution >= 4 is 27.5 Å². The topological polar surface area (TPSA) is 86.8 Å². The summed E-state index contributed by atoms with van der Waals surface area (Å²) in [5.74, 6) is -1.16. The number of carbonyl (C=O) groups excluding carboxylic acids is 2. The zero-order valence-electron chi connectivity index (χ0n) is 22.5. The Kier molecular flexibility index (Phi) is 9.97. The number of carbonyl (C=O) groups is 2. The van der Waals surface area contributed by atoms with Gasteiger partial charge in [-0.1, -0.05) is 61.0 Å². The summed E-state index contributed by atoms with van der Waals surface area (Å²) in [4.78, 5) is 27.9. The van der Waals surface area contributed by atoms with Crippen molar-refractivity contribution in [3.8, 4) is 0 Å². The molecule has 0 spiro atoms. The molecule has 1 N–H and O–H groups in total. The molecule has 3 rings (SSSR count). The van der Waals surface area contributed by atoms with Crippen molar-refractivity contribution in [3.63, 3.8) is 0 Å². The van der Waals surface area contributed by atoms with Crippen LogP contribution in [0.25, 0.3) is 0 Å². The van der Waals surface area contributed by atoms with E-state index < -0.39 is 46.2 Å². The Bertz CT molecular complexity index is 1410. The van der Waals surface area contributed by atoms with Gasteiger partial charge in [-0.25, -0.2) is 8.42 Å². The number of anilines is 1. The number of hydrogen-bond acceptors (Lipinski definition) is 4. The van der Waals surface area contributed by atoms with Gasteiger partial charge in [-0.15, -0.1) is 0 Å². The van der Waals surface area contributed by atoms with E-state index in [1.165, 1.54) is 23.1 Å². The van der Waals surface area contributed by atoms with Crippen LogP contribution in [0.5, 0.6) is 0 Å². The average molecular weight is 576 g/mol. The standard InChI is InChI=1S/C29H32F3N3O4S/c1-4-26(28(37)33-5-2)34(19-22-10-7-6-8-11-22)27(36)20-35(24-13-9-12-23(18-24)29(30,31)32)40(38,39)25-16-14-21(3)15-17-25/h6-18,26H,4-5,19-20H2,1-3H3,(H,33,37). The van der Waals surface area contributed by atoms with E-state index >= 15 is 0 Å². The fourth-order valence-electron chi connectivity index (χ4n) is 4.20. The van der Waals surface area contributed by atoms with Crippen LogP contribution in [0, 0.1) is 6.92 Å². The lowest BCUT2D eigenvalue weighted by molar-refractivity contribution is -0.140. The molecule has 0 aliphatic carbocycles. The quantitative estimate of drug-likeness (QED) is 0.343. The minimum absolute atomic E-state index is 0.00365. The number of amides is 2. The van der Waals surface area contributed by atoms with E-state index in [-0.39, 0.29) is 23.5 Å². The first-order chi connectivity index (χ1) is 18.9. The lowest BCUT2D eigenvalue weighted by atomic mass is 10.1. The highest BCUT2D eigenvalue weighted by molar-refractivity contribution is 7.92. The second-order valence-electron chi connectivity index (χ2n) is 9.20. The van der Waals surface area contributed by atoms with Crippen molar-refractivity contribution in [2.45, 2.75) is 50.9 Å². The minimum Gasteiger partial charge on any atom is -0.355 e. The van der Waals surface area contributed by atoms with Gasteiger partial charge in [0.1, 0.15) is 12.6 Å². The highest BCUT2D eigenvalue weighted by Crippen LogP contribution is 2.33. The van der Waals surface area contributed by atoms with E-state index in [0.717, 1.165) is 17.7 Å². The Labute approximate surface area is 232 Å². The van der Waals surface area contributed by atoms with E-state index in [1.54, 1.807) is 63.2 Å². The molecule has 214 valence electrons. The molecule has 1 unspecified atom stereocenters. The van der Waals surface area contributed by atoms with Crippen molar-refractivity contribution in [1.82, 2.24) is 10.2 Å². The highest BCUT2D eigenvalue weighted by Gasteiger charge is 2.35. The zero-order valence-corrected chi connectivity index (χ0v) is 23.3. The number of sulfonamides is 1. The van der Waals surface area contributed by atoms with Gasteiger partial charge in [0.2, 0.25) is 11.8 Å². The Morgan fingerprint density at radius 1 is 0.925 bits per heavy atom. The van der Waals surface area contributed by atoms with Crippen molar-refractivity contribution in [2.24, 2.45) is 0 Å². The molecule has 7 nitrogen and oxygen atoms in total. The lowest BCUT2D eigenvalue weighted by Gasteiger charge is -2.33. The molecule has 40 heavy (non-hydrogen) atoms. The van der Waals surface area contributed by atoms with Crippen molar-refractivity contribution in [2.75, 3.05) is 17.4 Å². The normalized spacial score (nSPS) is 12.4. The van der Waals surface area contributed by atoms with Crippen LogP contribution in [0.15, 0.2) is 83.8 Å². The Balaban J connectivity index is 2.11. The molecule has 3 aromatic rings. The monoisotopic (exact) mass is 575 g/mol. The van der Waals surface area contributed by atoms with Crippen LogP contribution >= 0.6 is 0 Å². The van der Waals surface area contributed by atoms with Crippen molar-refractivity contribution in [3.05, 3.63) is 95.6 Å². The van der Waals surface area contributed by atoms with Gasteiger partial charge < -0.3 is 10.2 Å². The van der Waals surface area contributed by atoms with Gasteiger partial charge in [0, 0.05) is 13.1 Å². The first-order valence-corrected chi connectivity index (χ1v) is 14.2. The van der Waals surface area contributed by atoms with Crippen molar-refractivity contribution in [1.29, 1.82) is 0 Å². The summed E-state index contributed by atoms with van der Waals surface area (Å²) in [6.45, 7) is 4.71. The van der Waals surface area contributed by atoms with E-state index in [2.05, 4.69) is 5.32 Å². The van der Waals surface area contributed by atoms with Crippen LogP contribution in [-0.4, -0.2) is 44.3 Å². The summed E-state index contributed by atoms with van der Waals surface area (Å²) >= 11 is 0. The van der Waals surface area contributed by atoms with Gasteiger partial charge in [-0.2, -0.15) is 13.2 Å². The lowest BCUT2D eigenvalue weighted by Crippen LogP contribution is -2.52. The smallest absolute Gasteiger partial charge is 0.355 e. The maximum atomic E-state index is 13.9. The molecule has 0 saturated carbocycles. The second kappa shape index (κ2) is 13.0. The number of likely N-dealkylation sites (N-methyl/N-ethyl adjacent to an activating group) is 1. The van der Waals surface area contributed by atoms with Crippen LogP contribution in [0.4, 0.5) is 18.9 Å². The largest absolute Gasteiger partial charge is 0.416 e. The number of hydrogen-bond donors (Lipinski definition) is 1. The number of alkyl halides is 3. The van der Waals surface area contributed by atoms with Crippen LogP contribution in [0.1, 0.15) is 37.0 Å². The van der Waals surface area contributed by atoms with Crippen LogP contribution in [0.2, 0.25) is 0 Å². The number of aryl methyl sites for hydroxylation is 1. The van der Waals surface area contributed by atoms with E-state index in [0.29, 0.717) is 22.5 Å². The summed E-state index contributed by atoms with van der Waals surface area (Å²) in [6, 6.07) is 17.5. The van der Waals surface area contributed by atoms with Crippen LogP contribution in [-0.2, 0) is 32.3 Å². The van der Waals surface area contributed by atoms with Crippen molar-refractivity contribution < 1.29 is 31.2 Å². The molecular formula is C29H32F3N3O4S. The average Bonchev–Trinajstić information content (AvgIpc) is 2.92. The van der Waals surface area contributed by atoms with Gasteiger partial charge >= 0.3 is 6.18 Å². The van der Waals surface area contributed by atoms with E-state index in [4.69, 9.17) is 0 Å². The summed E-state index contributed by atoms with van der Waals surface area (Å²) in [5, 5.41) is 2.70. The molecule has 0 aliphatic rings. The molecule has 3 aromatic carbocycles. The minimum atomic E-state index is -4.73. The SMILES string of the molecule is CCNC(=O)C(CC)N(Cc1ccccc1)C(=O)CN(c1cccc(C(F)(F)F)c1)S(=O)(=O)c1ccc(C)cc1. The molecule has 1 atom stereocenters. The molecule has 0 heterocycles. The molecule has 0 radical (unpaired) electrons. The third-order valence-corrected chi connectivity index (χ3v) is 8.07. The summed E-state index contributed by atoms with van der Waals surface area (Å²) in [6.07, 6.45) is -4.50. The molecular weight excluding hydrogens is 543 g/mol. The van der Waals surface area contributed by atoms with E-state index in [1.807, 2.05) is 0 Å². The third-order valence-electron chi connectivity index (χ3n) is 6.28. The molecule has 0 aromatic heterocycles. The highest BCUT2D eigenvalue weighted by atomic mass is 32.2. The fraction of sp³-hybridized carbons (Fsp3) is 0.310. The molecule has 0 fully saturated rings. The van der Waals surface area contributed by atoms with Gasteiger partial charge in [0.05, 0.1) is 16.1 Å². The number of nitrogens with one attached hydrogen (secondary N) is 1. The predicted octanol–water partition coefficient (Wildman–Crippen LogP) is 5.15. The fourth-order valence-corrected chi connectivity index (χ4v) is 5.60. The zero-order chi connectivity index (χ0) is 29.5. The van der Waals surface area contributed by atoms with Crippen LogP contribution in [0.3, 0.4) is 0 Å². The summed E-state index contributed by atoms with van der Waals surface area (Å²) in [7, 11) is -4.48. The van der Waals surface area contributed by atoms with E-state index in [9.17, 15) is 31.2 Å². The molecule has 11 heteroatoms. The van der Waals surface area contributed by atoms with Gasteiger partial charge in [0.15, 0.2) is 0 Å². The van der Waals surface area contributed by atoms with Gasteiger partial charge in [-0.3, -0.25) is 13.9 Å². The number of halogens is 3. The molecule has 0 aliphatic heterocycles. The Hall–Kier alpha value is -3.86. The Morgan fingerprint density at radius 2 is 1.57 bits per heavy atom. The Morgan fingerprint density at radius 3 is 2.15 bits per heavy atom. The molecule has 2 amide bonds. The molecule has 0 saturated heterocycles. The van der Waals surface area contributed by atoms with Crippen LogP contribution < -0.4 is 9.62 Å². The summed E-state index contributed by atoms with van der Waals surface area (Å²) < 4.78 is 68.9. The molecule has 0 bridgehead atoms. The number of benzene rings is 3. The van der Waals surface area contributed by atoms with Gasteiger partial charge in [-0.05, 0) is 56.2 Å². The summed E-state index contributed by atoms with van der Waals surface area (Å²) in [5.41, 5.74) is 0.0962. The first-order valence-electron chi connectivity index (χ1n) is 12.8. The number of rotatable bonds is 11. The number of nitrogens with zero attached hydrogens (tertiary/aromatic N) is 2. The predicted molar refractivity (Wildman–Crippen MR) is 147 cm³/mol. The second-order valence-corrected chi connectivity index (χ2v) is 11.1.